The number of halogens is 5. The zero-order valence-electron chi connectivity index (χ0n) is 19.2. The molecule has 1 saturated heterocycles. The van der Waals surface area contributed by atoms with E-state index in [2.05, 4.69) is 18.7 Å². The second-order valence-electron chi connectivity index (χ2n) is 8.99. The number of rotatable bonds is 6. The Labute approximate surface area is 212 Å². The lowest BCUT2D eigenvalue weighted by Crippen LogP contribution is -2.52. The molecular formula is C24H23BCl2F3N3O2. The Hall–Kier alpha value is -2.25. The topological polar surface area (TPSA) is 67.6 Å². The van der Waals surface area contributed by atoms with Gasteiger partial charge in [-0.1, -0.05) is 55.8 Å². The molecule has 5 nitrogen and oxygen atoms in total. The largest absolute Gasteiger partial charge is 0.416 e. The van der Waals surface area contributed by atoms with Gasteiger partial charge in [0.2, 0.25) is 6.85 Å². The minimum absolute atomic E-state index is 0.0421. The van der Waals surface area contributed by atoms with Crippen LogP contribution in [0.3, 0.4) is 0 Å². The molecule has 1 atom stereocenters. The van der Waals surface area contributed by atoms with Gasteiger partial charge in [0.1, 0.15) is 0 Å². The predicted octanol–water partition coefficient (Wildman–Crippen LogP) is 5.43. The number of carbonyl (C=O) groups excluding carboxylic acids is 1. The van der Waals surface area contributed by atoms with Crippen molar-refractivity contribution in [3.8, 4) is 6.07 Å². The van der Waals surface area contributed by atoms with E-state index in [4.69, 9.17) is 23.2 Å². The molecule has 184 valence electrons. The number of amides is 1. The van der Waals surface area contributed by atoms with E-state index in [0.717, 1.165) is 25.7 Å². The fraction of sp³-hybridized carbons (Fsp3) is 0.417. The molecule has 2 aliphatic rings. The first-order valence-electron chi connectivity index (χ1n) is 11.3. The van der Waals surface area contributed by atoms with Gasteiger partial charge in [0.05, 0.1) is 22.9 Å². The molecule has 1 amide bonds. The average Bonchev–Trinajstić information content (AvgIpc) is 2.98. The van der Waals surface area contributed by atoms with Gasteiger partial charge in [0.15, 0.2) is 5.60 Å². The molecule has 4 rings (SSSR count). The zero-order chi connectivity index (χ0) is 25.7. The summed E-state index contributed by atoms with van der Waals surface area (Å²) in [7, 11) is 0. The number of alkyl halides is 3. The summed E-state index contributed by atoms with van der Waals surface area (Å²) in [5, 5.41) is 21.2. The van der Waals surface area contributed by atoms with Crippen molar-refractivity contribution in [2.24, 2.45) is 5.92 Å². The summed E-state index contributed by atoms with van der Waals surface area (Å²) in [6, 6.07) is 7.50. The number of aliphatic hydroxyl groups is 1. The lowest BCUT2D eigenvalue weighted by molar-refractivity contribution is -0.142. The molecule has 2 heterocycles. The molecular weight excluding hydrogens is 501 g/mol. The van der Waals surface area contributed by atoms with E-state index in [9.17, 15) is 28.3 Å². The minimum Gasteiger partial charge on any atom is -0.372 e. The lowest BCUT2D eigenvalue weighted by Gasteiger charge is -2.41. The van der Waals surface area contributed by atoms with Crippen LogP contribution in [0.1, 0.15) is 36.1 Å². The Kier molecular flexibility index (Phi) is 6.88. The molecule has 0 radical (unpaired) electrons. The Bertz CT molecular complexity index is 1210. The van der Waals surface area contributed by atoms with Gasteiger partial charge in [-0.05, 0) is 43.3 Å². The van der Waals surface area contributed by atoms with Gasteiger partial charge in [0.25, 0.3) is 5.91 Å². The molecule has 1 N–H and O–H groups in total. The molecule has 0 saturated carbocycles. The molecule has 35 heavy (non-hydrogen) atoms. The van der Waals surface area contributed by atoms with Gasteiger partial charge in [-0.15, -0.1) is 0 Å². The molecule has 0 aliphatic carbocycles. The van der Waals surface area contributed by atoms with Gasteiger partial charge in [-0.25, -0.2) is 0 Å². The van der Waals surface area contributed by atoms with Crippen molar-refractivity contribution in [2.45, 2.75) is 38.3 Å². The Morgan fingerprint density at radius 2 is 1.89 bits per heavy atom. The predicted molar refractivity (Wildman–Crippen MR) is 130 cm³/mol. The fourth-order valence-electron chi connectivity index (χ4n) is 5.28. The van der Waals surface area contributed by atoms with Crippen LogP contribution < -0.4 is 4.90 Å². The minimum atomic E-state index is -4.93. The number of nitrogens with zero attached hydrogens (tertiary/aromatic N) is 3. The number of hydrogen-bond acceptors (Lipinski definition) is 4. The van der Waals surface area contributed by atoms with Gasteiger partial charge in [-0.2, -0.15) is 18.4 Å². The van der Waals surface area contributed by atoms with Crippen molar-refractivity contribution in [1.82, 2.24) is 4.81 Å². The number of hydrogen-bond donors (Lipinski definition) is 1. The second kappa shape index (κ2) is 9.32. The van der Waals surface area contributed by atoms with Gasteiger partial charge < -0.3 is 14.8 Å². The van der Waals surface area contributed by atoms with Crippen molar-refractivity contribution in [3.63, 3.8) is 0 Å². The molecule has 11 heteroatoms. The number of benzene rings is 2. The third kappa shape index (κ3) is 4.31. The first-order chi connectivity index (χ1) is 16.4. The Morgan fingerprint density at radius 1 is 1.23 bits per heavy atom. The van der Waals surface area contributed by atoms with E-state index in [-0.39, 0.29) is 39.3 Å². The van der Waals surface area contributed by atoms with Crippen molar-refractivity contribution < 1.29 is 23.1 Å². The molecule has 1 unspecified atom stereocenters. The summed E-state index contributed by atoms with van der Waals surface area (Å²) in [5.41, 5.74) is -5.11. The molecule has 0 aromatic heterocycles. The third-order valence-corrected chi connectivity index (χ3v) is 7.61. The van der Waals surface area contributed by atoms with Crippen molar-refractivity contribution in [1.29, 1.82) is 5.26 Å². The summed E-state index contributed by atoms with van der Waals surface area (Å²) < 4.78 is 42.6. The van der Waals surface area contributed by atoms with Crippen molar-refractivity contribution >= 4 is 41.6 Å². The molecule has 2 aromatic carbocycles. The normalized spacial score (nSPS) is 20.3. The highest BCUT2D eigenvalue weighted by Gasteiger charge is 2.57. The van der Waals surface area contributed by atoms with E-state index in [1.165, 1.54) is 29.2 Å². The van der Waals surface area contributed by atoms with Crippen molar-refractivity contribution in [3.05, 3.63) is 62.6 Å². The van der Waals surface area contributed by atoms with E-state index in [1.54, 1.807) is 6.07 Å². The van der Waals surface area contributed by atoms with Crippen LogP contribution in [0.25, 0.3) is 0 Å². The first kappa shape index (κ1) is 25.8. The van der Waals surface area contributed by atoms with Crippen LogP contribution >= 0.6 is 23.2 Å². The highest BCUT2D eigenvalue weighted by Crippen LogP contribution is 2.52. The van der Waals surface area contributed by atoms with Gasteiger partial charge in [0, 0.05) is 27.7 Å². The Morgan fingerprint density at radius 3 is 2.43 bits per heavy atom. The quantitative estimate of drug-likeness (QED) is 0.513. The van der Waals surface area contributed by atoms with Crippen LogP contribution in [0.2, 0.25) is 22.7 Å². The third-order valence-electron chi connectivity index (χ3n) is 7.06. The van der Waals surface area contributed by atoms with E-state index in [0.29, 0.717) is 12.9 Å². The average molecular weight is 524 g/mol. The van der Waals surface area contributed by atoms with Gasteiger partial charge in [-0.3, -0.25) is 4.79 Å². The SMILES string of the molecule is CCN(CC)B1CC(CN2C(=O)C(O)(c3ccc(Cl)cc3Cl)c3c2cc(C#N)cc3C(F)(F)F)C1. The van der Waals surface area contributed by atoms with E-state index >= 15 is 0 Å². The van der Waals surface area contributed by atoms with Gasteiger partial charge >= 0.3 is 6.18 Å². The van der Waals surface area contributed by atoms with Crippen LogP contribution in [-0.4, -0.2) is 42.3 Å². The van der Waals surface area contributed by atoms with Crippen LogP contribution in [0.4, 0.5) is 18.9 Å². The summed E-state index contributed by atoms with van der Waals surface area (Å²) in [6.45, 7) is 6.37. The number of anilines is 1. The van der Waals surface area contributed by atoms with Crippen LogP contribution in [0.15, 0.2) is 30.3 Å². The highest BCUT2D eigenvalue weighted by atomic mass is 35.5. The molecule has 0 bridgehead atoms. The zero-order valence-corrected chi connectivity index (χ0v) is 20.7. The number of nitriles is 1. The molecule has 1 fully saturated rings. The monoisotopic (exact) mass is 523 g/mol. The number of carbonyl (C=O) groups is 1. The highest BCUT2D eigenvalue weighted by molar-refractivity contribution is 6.59. The summed E-state index contributed by atoms with van der Waals surface area (Å²) >= 11 is 12.2. The van der Waals surface area contributed by atoms with E-state index in [1.807, 2.05) is 0 Å². The van der Waals surface area contributed by atoms with Crippen LogP contribution in [0.5, 0.6) is 0 Å². The lowest BCUT2D eigenvalue weighted by atomic mass is 9.38. The maximum absolute atomic E-state index is 14.2. The second-order valence-corrected chi connectivity index (χ2v) is 9.83. The van der Waals surface area contributed by atoms with E-state index < -0.39 is 28.8 Å². The fourth-order valence-corrected chi connectivity index (χ4v) is 5.82. The maximum atomic E-state index is 14.2. The molecule has 2 aliphatic heterocycles. The molecule has 2 aromatic rings. The molecule has 0 spiro atoms. The van der Waals surface area contributed by atoms with Crippen LogP contribution in [-0.2, 0) is 16.6 Å². The summed E-state index contributed by atoms with van der Waals surface area (Å²) in [6.07, 6.45) is -3.36. The Balaban J connectivity index is 1.84. The number of fused-ring (bicyclic) bond motifs is 1. The summed E-state index contributed by atoms with van der Waals surface area (Å²) in [4.78, 5) is 17.2. The maximum Gasteiger partial charge on any atom is 0.416 e. The summed E-state index contributed by atoms with van der Waals surface area (Å²) in [5.74, 6) is -0.885. The first-order valence-corrected chi connectivity index (χ1v) is 12.1. The van der Waals surface area contributed by atoms with Crippen molar-refractivity contribution in [2.75, 3.05) is 24.5 Å². The standard InChI is InChI=1S/C24H23BCl2F3N3O2/c1-3-32(4-2)25-10-15(11-25)13-33-20-8-14(12-31)7-18(24(28,29)30)21(20)23(35,22(33)34)17-6-5-16(26)9-19(17)27/h5-9,15,35H,3-4,10-11,13H2,1-2H3. The van der Waals surface area contributed by atoms with Crippen LogP contribution in [0, 0.1) is 17.2 Å². The smallest absolute Gasteiger partial charge is 0.372 e.